The number of carbonyl (C=O) groups excluding carboxylic acids is 1. The van der Waals surface area contributed by atoms with Crippen LogP contribution in [0.25, 0.3) is 0 Å². The van der Waals surface area contributed by atoms with Crippen LogP contribution in [0.15, 0.2) is 22.7 Å². The monoisotopic (exact) mass is 307 g/mol. The van der Waals surface area contributed by atoms with E-state index in [0.717, 1.165) is 42.3 Å². The summed E-state index contributed by atoms with van der Waals surface area (Å²) in [5, 5.41) is 7.20. The number of furan rings is 1. The SMILES string of the molecule is CCCCn1ncc(C)c1NC(=O)c1ccc(CSC)o1. The van der Waals surface area contributed by atoms with Crippen molar-refractivity contribution >= 4 is 23.5 Å². The Morgan fingerprint density at radius 2 is 2.29 bits per heavy atom. The van der Waals surface area contributed by atoms with Crippen LogP contribution in [0.1, 0.15) is 41.6 Å². The molecule has 1 N–H and O–H groups in total. The number of hydrogen-bond donors (Lipinski definition) is 1. The van der Waals surface area contributed by atoms with Gasteiger partial charge < -0.3 is 9.73 Å². The summed E-state index contributed by atoms with van der Waals surface area (Å²) in [5.41, 5.74) is 0.954. The molecule has 0 spiro atoms. The first kappa shape index (κ1) is 15.7. The Balaban J connectivity index is 2.09. The van der Waals surface area contributed by atoms with Crippen molar-refractivity contribution in [1.82, 2.24) is 9.78 Å². The summed E-state index contributed by atoms with van der Waals surface area (Å²) in [6, 6.07) is 3.55. The molecule has 2 aromatic heterocycles. The van der Waals surface area contributed by atoms with Gasteiger partial charge in [0.05, 0.1) is 11.9 Å². The summed E-state index contributed by atoms with van der Waals surface area (Å²) in [7, 11) is 0. The number of nitrogens with one attached hydrogen (secondary N) is 1. The Labute approximate surface area is 129 Å². The fourth-order valence-electron chi connectivity index (χ4n) is 2.01. The maximum absolute atomic E-state index is 12.3. The zero-order chi connectivity index (χ0) is 15.2. The number of anilines is 1. The van der Waals surface area contributed by atoms with E-state index in [1.54, 1.807) is 24.0 Å². The Kier molecular flexibility index (Phi) is 5.50. The molecule has 2 heterocycles. The van der Waals surface area contributed by atoms with E-state index in [0.29, 0.717) is 5.76 Å². The van der Waals surface area contributed by atoms with Crippen LogP contribution in [0.2, 0.25) is 0 Å². The molecule has 0 saturated heterocycles. The second-order valence-corrected chi connectivity index (χ2v) is 5.77. The predicted octanol–water partition coefficient (Wildman–Crippen LogP) is 3.70. The normalized spacial score (nSPS) is 10.8. The lowest BCUT2D eigenvalue weighted by Gasteiger charge is -2.08. The first-order valence-corrected chi connectivity index (χ1v) is 8.46. The van der Waals surface area contributed by atoms with Crippen molar-refractivity contribution in [3.63, 3.8) is 0 Å². The summed E-state index contributed by atoms with van der Waals surface area (Å²) in [5.74, 6) is 2.42. The van der Waals surface area contributed by atoms with E-state index >= 15 is 0 Å². The molecule has 0 aliphatic rings. The highest BCUT2D eigenvalue weighted by Crippen LogP contribution is 2.18. The van der Waals surface area contributed by atoms with Gasteiger partial charge in [0, 0.05) is 12.1 Å². The van der Waals surface area contributed by atoms with Crippen molar-refractivity contribution in [1.29, 1.82) is 0 Å². The molecule has 2 rings (SSSR count). The van der Waals surface area contributed by atoms with Crippen molar-refractivity contribution in [3.05, 3.63) is 35.4 Å². The van der Waals surface area contributed by atoms with E-state index in [2.05, 4.69) is 17.3 Å². The molecule has 0 aliphatic carbocycles. The minimum absolute atomic E-state index is 0.233. The number of thioether (sulfide) groups is 1. The molecular weight excluding hydrogens is 286 g/mol. The van der Waals surface area contributed by atoms with Crippen molar-refractivity contribution in [2.24, 2.45) is 0 Å². The van der Waals surface area contributed by atoms with Crippen LogP contribution in [-0.4, -0.2) is 21.9 Å². The molecule has 0 fully saturated rings. The number of aromatic nitrogens is 2. The summed E-state index contributed by atoms with van der Waals surface area (Å²) < 4.78 is 7.37. The predicted molar refractivity (Wildman–Crippen MR) is 85.8 cm³/mol. The molecule has 5 nitrogen and oxygen atoms in total. The number of unbranched alkanes of at least 4 members (excludes halogenated alkanes) is 1. The Morgan fingerprint density at radius 3 is 3.00 bits per heavy atom. The molecule has 0 bridgehead atoms. The van der Waals surface area contributed by atoms with Gasteiger partial charge >= 0.3 is 0 Å². The highest BCUT2D eigenvalue weighted by atomic mass is 32.2. The van der Waals surface area contributed by atoms with E-state index in [4.69, 9.17) is 4.42 Å². The highest BCUT2D eigenvalue weighted by Gasteiger charge is 2.15. The molecule has 0 atom stereocenters. The van der Waals surface area contributed by atoms with Gasteiger partial charge in [0.15, 0.2) is 5.76 Å². The molecule has 1 amide bonds. The topological polar surface area (TPSA) is 60.1 Å². The van der Waals surface area contributed by atoms with Gasteiger partial charge in [0.1, 0.15) is 11.6 Å². The largest absolute Gasteiger partial charge is 0.455 e. The molecule has 0 aliphatic heterocycles. The summed E-state index contributed by atoms with van der Waals surface area (Å²) in [6.07, 6.45) is 5.88. The van der Waals surface area contributed by atoms with Crippen LogP contribution >= 0.6 is 11.8 Å². The van der Waals surface area contributed by atoms with E-state index in [-0.39, 0.29) is 5.91 Å². The van der Waals surface area contributed by atoms with E-state index in [1.807, 2.05) is 23.9 Å². The Bertz CT molecular complexity index is 604. The fraction of sp³-hybridized carbons (Fsp3) is 0.467. The number of aryl methyl sites for hydroxylation is 2. The summed E-state index contributed by atoms with van der Waals surface area (Å²) in [4.78, 5) is 12.3. The third-order valence-electron chi connectivity index (χ3n) is 3.15. The van der Waals surface area contributed by atoms with Crippen LogP contribution in [0, 0.1) is 6.92 Å². The average molecular weight is 307 g/mol. The lowest BCUT2D eigenvalue weighted by Crippen LogP contribution is -2.16. The van der Waals surface area contributed by atoms with Gasteiger partial charge in [-0.2, -0.15) is 16.9 Å². The number of nitrogens with zero attached hydrogens (tertiary/aromatic N) is 2. The highest BCUT2D eigenvalue weighted by molar-refractivity contribution is 7.97. The van der Waals surface area contributed by atoms with Gasteiger partial charge in [0.25, 0.3) is 5.91 Å². The molecule has 0 aromatic carbocycles. The molecule has 6 heteroatoms. The van der Waals surface area contributed by atoms with Crippen LogP contribution in [0.3, 0.4) is 0 Å². The molecule has 0 saturated carbocycles. The van der Waals surface area contributed by atoms with Crippen LogP contribution in [0.5, 0.6) is 0 Å². The minimum atomic E-state index is -0.233. The minimum Gasteiger partial charge on any atom is -0.455 e. The third kappa shape index (κ3) is 3.91. The zero-order valence-electron chi connectivity index (χ0n) is 12.7. The molecule has 21 heavy (non-hydrogen) atoms. The van der Waals surface area contributed by atoms with Gasteiger partial charge in [-0.05, 0) is 31.7 Å². The van der Waals surface area contributed by atoms with Crippen molar-refractivity contribution < 1.29 is 9.21 Å². The van der Waals surface area contributed by atoms with Crippen molar-refractivity contribution in [3.8, 4) is 0 Å². The third-order valence-corrected chi connectivity index (χ3v) is 3.72. The van der Waals surface area contributed by atoms with Crippen LogP contribution < -0.4 is 5.32 Å². The van der Waals surface area contributed by atoms with Gasteiger partial charge in [-0.3, -0.25) is 4.79 Å². The van der Waals surface area contributed by atoms with Crippen LogP contribution in [0.4, 0.5) is 5.82 Å². The lowest BCUT2D eigenvalue weighted by atomic mass is 10.3. The smallest absolute Gasteiger partial charge is 0.292 e. The second-order valence-electron chi connectivity index (χ2n) is 4.91. The number of carbonyl (C=O) groups is 1. The van der Waals surface area contributed by atoms with Gasteiger partial charge in [-0.1, -0.05) is 13.3 Å². The van der Waals surface area contributed by atoms with E-state index in [9.17, 15) is 4.79 Å². The van der Waals surface area contributed by atoms with Crippen LogP contribution in [-0.2, 0) is 12.3 Å². The number of amides is 1. The Morgan fingerprint density at radius 1 is 1.48 bits per heavy atom. The number of rotatable bonds is 7. The first-order chi connectivity index (χ1) is 10.2. The van der Waals surface area contributed by atoms with Crippen molar-refractivity contribution in [2.75, 3.05) is 11.6 Å². The van der Waals surface area contributed by atoms with Gasteiger partial charge in [-0.15, -0.1) is 0 Å². The molecule has 0 unspecified atom stereocenters. The van der Waals surface area contributed by atoms with Crippen molar-refractivity contribution in [2.45, 2.75) is 39.0 Å². The Hall–Kier alpha value is -1.69. The fourth-order valence-corrected chi connectivity index (χ4v) is 2.45. The quantitative estimate of drug-likeness (QED) is 0.847. The molecule has 114 valence electrons. The number of hydrogen-bond acceptors (Lipinski definition) is 4. The maximum atomic E-state index is 12.3. The standard InChI is InChI=1S/C15H21N3O2S/c1-4-5-8-18-14(11(2)9-16-18)17-15(19)13-7-6-12(20-13)10-21-3/h6-7,9H,4-5,8,10H2,1-3H3,(H,17,19). The molecular formula is C15H21N3O2S. The zero-order valence-corrected chi connectivity index (χ0v) is 13.5. The van der Waals surface area contributed by atoms with E-state index in [1.165, 1.54) is 0 Å². The summed E-state index contributed by atoms with van der Waals surface area (Å²) >= 11 is 1.66. The molecule has 0 radical (unpaired) electrons. The molecule has 2 aromatic rings. The lowest BCUT2D eigenvalue weighted by molar-refractivity contribution is 0.0994. The first-order valence-electron chi connectivity index (χ1n) is 7.07. The van der Waals surface area contributed by atoms with E-state index < -0.39 is 0 Å². The average Bonchev–Trinajstić information content (AvgIpc) is 3.06. The second kappa shape index (κ2) is 7.36. The van der Waals surface area contributed by atoms with Gasteiger partial charge in [-0.25, -0.2) is 4.68 Å². The van der Waals surface area contributed by atoms with Gasteiger partial charge in [0.2, 0.25) is 0 Å². The maximum Gasteiger partial charge on any atom is 0.292 e. The summed E-state index contributed by atoms with van der Waals surface area (Å²) in [6.45, 7) is 4.87.